The van der Waals surface area contributed by atoms with Crippen LogP contribution in [-0.4, -0.2) is 4.98 Å². The summed E-state index contributed by atoms with van der Waals surface area (Å²) in [5, 5.41) is 3.34. The van der Waals surface area contributed by atoms with Crippen LogP contribution in [-0.2, 0) is 13.1 Å². The molecule has 0 bridgehead atoms. The second kappa shape index (κ2) is 5.74. The normalized spacial score (nSPS) is 10.6. The molecule has 0 aliphatic heterocycles. The molecule has 0 atom stereocenters. The summed E-state index contributed by atoms with van der Waals surface area (Å²) in [6.45, 7) is 5.13. The van der Waals surface area contributed by atoms with Gasteiger partial charge in [-0.15, -0.1) is 0 Å². The van der Waals surface area contributed by atoms with E-state index >= 15 is 0 Å². The van der Waals surface area contributed by atoms with Crippen molar-refractivity contribution in [2.45, 2.75) is 26.9 Å². The molecule has 0 aliphatic carbocycles. The maximum absolute atomic E-state index is 13.5. The number of aryl methyl sites for hydroxylation is 2. The van der Waals surface area contributed by atoms with E-state index in [1.165, 1.54) is 5.56 Å². The Morgan fingerprint density at radius 1 is 1.00 bits per heavy atom. The van der Waals surface area contributed by atoms with Crippen molar-refractivity contribution in [2.75, 3.05) is 0 Å². The third-order valence-corrected chi connectivity index (χ3v) is 2.90. The largest absolute Gasteiger partial charge is 0.309 e. The van der Waals surface area contributed by atoms with Gasteiger partial charge in [0.25, 0.3) is 0 Å². The van der Waals surface area contributed by atoms with Crippen molar-refractivity contribution in [1.29, 1.82) is 0 Å². The van der Waals surface area contributed by atoms with E-state index in [2.05, 4.69) is 10.3 Å². The van der Waals surface area contributed by atoms with Crippen LogP contribution >= 0.6 is 0 Å². The van der Waals surface area contributed by atoms with E-state index in [4.69, 9.17) is 0 Å². The first-order valence-electron chi connectivity index (χ1n) is 6.02. The molecule has 0 aliphatic rings. The van der Waals surface area contributed by atoms with E-state index < -0.39 is 0 Å². The van der Waals surface area contributed by atoms with E-state index in [0.717, 1.165) is 18.7 Å². The van der Waals surface area contributed by atoms with E-state index in [0.29, 0.717) is 11.1 Å². The highest BCUT2D eigenvalue weighted by atomic mass is 19.1. The molecule has 1 heterocycles. The van der Waals surface area contributed by atoms with Gasteiger partial charge in [-0.3, -0.25) is 4.98 Å². The molecule has 2 rings (SSSR count). The minimum atomic E-state index is -0.104. The lowest BCUT2D eigenvalue weighted by Gasteiger charge is -2.08. The maximum Gasteiger partial charge on any atom is 0.129 e. The number of aromatic nitrogens is 1. The molecule has 0 saturated carbocycles. The fourth-order valence-corrected chi connectivity index (χ4v) is 1.99. The summed E-state index contributed by atoms with van der Waals surface area (Å²) in [5.74, 6) is -0.104. The van der Waals surface area contributed by atoms with Crippen LogP contribution in [0.25, 0.3) is 0 Å². The first-order chi connectivity index (χ1) is 8.66. The summed E-state index contributed by atoms with van der Waals surface area (Å²) in [6.07, 6.45) is 3.56. The highest BCUT2D eigenvalue weighted by Crippen LogP contribution is 2.14. The van der Waals surface area contributed by atoms with Gasteiger partial charge < -0.3 is 5.32 Å². The van der Waals surface area contributed by atoms with Crippen LogP contribution in [0.1, 0.15) is 22.3 Å². The summed E-state index contributed by atoms with van der Waals surface area (Å²) < 4.78 is 13.5. The van der Waals surface area contributed by atoms with Gasteiger partial charge in [0.1, 0.15) is 5.82 Å². The first-order valence-corrected chi connectivity index (χ1v) is 6.02. The highest BCUT2D eigenvalue weighted by Gasteiger charge is 2.03. The summed E-state index contributed by atoms with van der Waals surface area (Å²) in [4.78, 5) is 3.98. The van der Waals surface area contributed by atoms with Gasteiger partial charge in [-0.25, -0.2) is 4.39 Å². The van der Waals surface area contributed by atoms with Gasteiger partial charge in [0.05, 0.1) is 0 Å². The lowest BCUT2D eigenvalue weighted by atomic mass is 10.1. The topological polar surface area (TPSA) is 24.9 Å². The van der Waals surface area contributed by atoms with Crippen molar-refractivity contribution >= 4 is 0 Å². The smallest absolute Gasteiger partial charge is 0.129 e. The highest BCUT2D eigenvalue weighted by molar-refractivity contribution is 5.30. The second-order valence-electron chi connectivity index (χ2n) is 4.50. The van der Waals surface area contributed by atoms with Crippen LogP contribution < -0.4 is 5.32 Å². The predicted octanol–water partition coefficient (Wildman–Crippen LogP) is 3.13. The Morgan fingerprint density at radius 3 is 2.17 bits per heavy atom. The van der Waals surface area contributed by atoms with E-state index in [-0.39, 0.29) is 5.82 Å². The Balaban J connectivity index is 1.95. The van der Waals surface area contributed by atoms with Crippen LogP contribution in [0, 0.1) is 19.7 Å². The van der Waals surface area contributed by atoms with Gasteiger partial charge in [0.2, 0.25) is 0 Å². The van der Waals surface area contributed by atoms with Crippen molar-refractivity contribution in [3.05, 3.63) is 64.7 Å². The third-order valence-electron chi connectivity index (χ3n) is 2.90. The molecular weight excluding hydrogens is 227 g/mol. The number of hydrogen-bond acceptors (Lipinski definition) is 2. The Morgan fingerprint density at radius 2 is 1.56 bits per heavy atom. The molecule has 2 aromatic rings. The van der Waals surface area contributed by atoms with Crippen LogP contribution in [0.4, 0.5) is 4.39 Å². The Bertz CT molecular complexity index is 500. The monoisotopic (exact) mass is 244 g/mol. The fourth-order valence-electron chi connectivity index (χ4n) is 1.99. The van der Waals surface area contributed by atoms with Crippen LogP contribution in [0.15, 0.2) is 36.7 Å². The van der Waals surface area contributed by atoms with Crippen molar-refractivity contribution < 1.29 is 4.39 Å². The quantitative estimate of drug-likeness (QED) is 0.893. The third kappa shape index (κ3) is 3.14. The Kier molecular flexibility index (Phi) is 4.05. The Labute approximate surface area is 107 Å². The summed E-state index contributed by atoms with van der Waals surface area (Å²) in [6, 6.07) is 7.74. The number of hydrogen-bond donors (Lipinski definition) is 1. The Hall–Kier alpha value is -1.74. The number of nitrogens with zero attached hydrogens (tertiary/aromatic N) is 1. The SMILES string of the molecule is Cc1cc(CNCc2ccncc2)cc(C)c1F. The number of benzene rings is 1. The van der Waals surface area contributed by atoms with Crippen molar-refractivity contribution in [3.63, 3.8) is 0 Å². The summed E-state index contributed by atoms with van der Waals surface area (Å²) in [7, 11) is 0. The van der Waals surface area contributed by atoms with Gasteiger partial charge in [-0.1, -0.05) is 12.1 Å². The number of halogens is 1. The van der Waals surface area contributed by atoms with E-state index in [1.54, 1.807) is 26.2 Å². The van der Waals surface area contributed by atoms with Crippen LogP contribution in [0.2, 0.25) is 0 Å². The maximum atomic E-state index is 13.5. The minimum Gasteiger partial charge on any atom is -0.309 e. The minimum absolute atomic E-state index is 0.104. The van der Waals surface area contributed by atoms with Crippen molar-refractivity contribution in [1.82, 2.24) is 10.3 Å². The molecule has 2 nitrogen and oxygen atoms in total. The van der Waals surface area contributed by atoms with Crippen LogP contribution in [0.3, 0.4) is 0 Å². The zero-order chi connectivity index (χ0) is 13.0. The second-order valence-corrected chi connectivity index (χ2v) is 4.50. The lowest BCUT2D eigenvalue weighted by molar-refractivity contribution is 0.606. The van der Waals surface area contributed by atoms with Gasteiger partial charge in [0.15, 0.2) is 0 Å². The van der Waals surface area contributed by atoms with E-state index in [1.807, 2.05) is 24.3 Å². The molecule has 1 N–H and O–H groups in total. The van der Waals surface area contributed by atoms with Crippen LogP contribution in [0.5, 0.6) is 0 Å². The summed E-state index contributed by atoms with van der Waals surface area (Å²) >= 11 is 0. The summed E-state index contributed by atoms with van der Waals surface area (Å²) in [5.41, 5.74) is 3.72. The average molecular weight is 244 g/mol. The molecule has 1 aromatic heterocycles. The average Bonchev–Trinajstić information content (AvgIpc) is 2.37. The molecule has 0 saturated heterocycles. The fraction of sp³-hybridized carbons (Fsp3) is 0.267. The molecule has 3 heteroatoms. The standard InChI is InChI=1S/C15H17FN2/c1-11-7-14(8-12(2)15(11)16)10-18-9-13-3-5-17-6-4-13/h3-8,18H,9-10H2,1-2H3. The predicted molar refractivity (Wildman–Crippen MR) is 70.7 cm³/mol. The number of pyridine rings is 1. The lowest BCUT2D eigenvalue weighted by Crippen LogP contribution is -2.13. The zero-order valence-corrected chi connectivity index (χ0v) is 10.7. The van der Waals surface area contributed by atoms with Crippen molar-refractivity contribution in [2.24, 2.45) is 0 Å². The van der Waals surface area contributed by atoms with Crippen molar-refractivity contribution in [3.8, 4) is 0 Å². The molecule has 0 fully saturated rings. The molecular formula is C15H17FN2. The molecule has 0 unspecified atom stereocenters. The first kappa shape index (κ1) is 12.7. The molecule has 0 amide bonds. The van der Waals surface area contributed by atoms with Gasteiger partial charge in [0, 0.05) is 25.5 Å². The number of rotatable bonds is 4. The number of nitrogens with one attached hydrogen (secondary N) is 1. The molecule has 0 spiro atoms. The van der Waals surface area contributed by atoms with Gasteiger partial charge in [-0.05, 0) is 48.2 Å². The van der Waals surface area contributed by atoms with Gasteiger partial charge >= 0.3 is 0 Å². The van der Waals surface area contributed by atoms with E-state index in [9.17, 15) is 4.39 Å². The zero-order valence-electron chi connectivity index (χ0n) is 10.7. The molecule has 0 radical (unpaired) electrons. The molecule has 94 valence electrons. The molecule has 18 heavy (non-hydrogen) atoms. The molecule has 1 aromatic carbocycles. The van der Waals surface area contributed by atoms with Gasteiger partial charge in [-0.2, -0.15) is 0 Å².